The first-order chi connectivity index (χ1) is 10.3. The highest BCUT2D eigenvalue weighted by Crippen LogP contribution is 2.26. The maximum Gasteiger partial charge on any atom is 0.233 e. The number of hydrogen-bond acceptors (Lipinski definition) is 4. The SMILES string of the molecule is CCN(C(=O)CSc1ccc(Br)cc1C)C1CCS(=O)(=O)C1. The van der Waals surface area contributed by atoms with Crippen molar-refractivity contribution in [3.63, 3.8) is 0 Å². The van der Waals surface area contributed by atoms with E-state index in [1.807, 2.05) is 32.0 Å². The molecule has 1 aliphatic heterocycles. The number of rotatable bonds is 5. The molecule has 1 amide bonds. The van der Waals surface area contributed by atoms with Crippen LogP contribution in [0.2, 0.25) is 0 Å². The minimum Gasteiger partial charge on any atom is -0.338 e. The van der Waals surface area contributed by atoms with Gasteiger partial charge in [0.1, 0.15) is 0 Å². The first-order valence-corrected chi connectivity index (χ1v) is 10.8. The smallest absolute Gasteiger partial charge is 0.233 e. The molecule has 22 heavy (non-hydrogen) atoms. The molecule has 4 nitrogen and oxygen atoms in total. The molecule has 0 aliphatic carbocycles. The fraction of sp³-hybridized carbons (Fsp3) is 0.533. The summed E-state index contributed by atoms with van der Waals surface area (Å²) in [6, 6.07) is 5.82. The molecule has 0 spiro atoms. The Hall–Kier alpha value is -0.530. The summed E-state index contributed by atoms with van der Waals surface area (Å²) in [5.41, 5.74) is 1.12. The van der Waals surface area contributed by atoms with Gasteiger partial charge in [0, 0.05) is 22.0 Å². The number of amides is 1. The molecule has 1 aromatic carbocycles. The highest BCUT2D eigenvalue weighted by molar-refractivity contribution is 9.10. The number of sulfone groups is 1. The number of benzene rings is 1. The molecule has 0 saturated carbocycles. The molecular formula is C15H20BrNO3S2. The number of carbonyl (C=O) groups is 1. The monoisotopic (exact) mass is 405 g/mol. The van der Waals surface area contributed by atoms with Crippen molar-refractivity contribution in [2.45, 2.75) is 31.2 Å². The molecule has 0 radical (unpaired) electrons. The van der Waals surface area contributed by atoms with Crippen molar-refractivity contribution in [1.29, 1.82) is 0 Å². The van der Waals surface area contributed by atoms with Crippen LogP contribution in [0.5, 0.6) is 0 Å². The van der Waals surface area contributed by atoms with Gasteiger partial charge in [-0.3, -0.25) is 4.79 Å². The molecule has 1 fully saturated rings. The fourth-order valence-corrected chi connectivity index (χ4v) is 5.76. The van der Waals surface area contributed by atoms with Gasteiger partial charge >= 0.3 is 0 Å². The van der Waals surface area contributed by atoms with Gasteiger partial charge in [-0.25, -0.2) is 8.42 Å². The third kappa shape index (κ3) is 4.49. The van der Waals surface area contributed by atoms with E-state index in [1.165, 1.54) is 11.8 Å². The van der Waals surface area contributed by atoms with Crippen LogP contribution in [-0.4, -0.2) is 49.1 Å². The normalized spacial score (nSPS) is 20.0. The second-order valence-corrected chi connectivity index (χ2v) is 9.60. The van der Waals surface area contributed by atoms with Crippen molar-refractivity contribution in [2.24, 2.45) is 0 Å². The summed E-state index contributed by atoms with van der Waals surface area (Å²) in [6.45, 7) is 4.47. The summed E-state index contributed by atoms with van der Waals surface area (Å²) in [7, 11) is -2.97. The third-order valence-electron chi connectivity index (χ3n) is 3.80. The topological polar surface area (TPSA) is 54.5 Å². The van der Waals surface area contributed by atoms with Gasteiger partial charge in [0.25, 0.3) is 0 Å². The maximum absolute atomic E-state index is 12.4. The Morgan fingerprint density at radius 2 is 2.18 bits per heavy atom. The summed E-state index contributed by atoms with van der Waals surface area (Å²) >= 11 is 4.93. The Bertz CT molecular complexity index is 661. The predicted octanol–water partition coefficient (Wildman–Crippen LogP) is 2.89. The zero-order valence-electron chi connectivity index (χ0n) is 12.7. The third-order valence-corrected chi connectivity index (χ3v) is 7.20. The first-order valence-electron chi connectivity index (χ1n) is 7.21. The first kappa shape index (κ1) is 17.8. The molecule has 0 bridgehead atoms. The van der Waals surface area contributed by atoms with Crippen molar-refractivity contribution in [2.75, 3.05) is 23.8 Å². The molecule has 0 N–H and O–H groups in total. The van der Waals surface area contributed by atoms with Crippen LogP contribution in [0, 0.1) is 6.92 Å². The van der Waals surface area contributed by atoms with E-state index in [2.05, 4.69) is 15.9 Å². The van der Waals surface area contributed by atoms with Gasteiger partial charge in [-0.1, -0.05) is 15.9 Å². The highest BCUT2D eigenvalue weighted by Gasteiger charge is 2.33. The Labute approximate surface area is 144 Å². The number of hydrogen-bond donors (Lipinski definition) is 0. The Morgan fingerprint density at radius 3 is 2.73 bits per heavy atom. The van der Waals surface area contributed by atoms with Crippen LogP contribution in [-0.2, 0) is 14.6 Å². The molecule has 1 aromatic rings. The van der Waals surface area contributed by atoms with Crippen LogP contribution >= 0.6 is 27.7 Å². The van der Waals surface area contributed by atoms with E-state index in [4.69, 9.17) is 0 Å². The summed E-state index contributed by atoms with van der Waals surface area (Å²) in [4.78, 5) is 15.2. The van der Waals surface area contributed by atoms with E-state index >= 15 is 0 Å². The Morgan fingerprint density at radius 1 is 1.45 bits per heavy atom. The molecule has 7 heteroatoms. The van der Waals surface area contributed by atoms with Crippen molar-refractivity contribution in [1.82, 2.24) is 4.90 Å². The van der Waals surface area contributed by atoms with E-state index in [0.717, 1.165) is 14.9 Å². The highest BCUT2D eigenvalue weighted by atomic mass is 79.9. The molecule has 1 atom stereocenters. The zero-order valence-corrected chi connectivity index (χ0v) is 15.9. The van der Waals surface area contributed by atoms with E-state index < -0.39 is 9.84 Å². The lowest BCUT2D eigenvalue weighted by Gasteiger charge is -2.26. The van der Waals surface area contributed by atoms with Gasteiger partial charge in [0.15, 0.2) is 9.84 Å². The molecule has 1 heterocycles. The molecular weight excluding hydrogens is 386 g/mol. The van der Waals surface area contributed by atoms with Gasteiger partial charge in [0.2, 0.25) is 5.91 Å². The Balaban J connectivity index is 1.98. The maximum atomic E-state index is 12.4. The minimum atomic E-state index is -2.97. The lowest BCUT2D eigenvalue weighted by Crippen LogP contribution is -2.41. The van der Waals surface area contributed by atoms with Crippen molar-refractivity contribution in [3.05, 3.63) is 28.2 Å². The largest absolute Gasteiger partial charge is 0.338 e. The summed E-state index contributed by atoms with van der Waals surface area (Å²) in [6.07, 6.45) is 0.559. The number of carbonyl (C=O) groups excluding carboxylic acids is 1. The number of nitrogens with zero attached hydrogens (tertiary/aromatic N) is 1. The van der Waals surface area contributed by atoms with E-state index in [-0.39, 0.29) is 23.5 Å². The van der Waals surface area contributed by atoms with Crippen molar-refractivity contribution >= 4 is 43.4 Å². The molecule has 1 aliphatic rings. The van der Waals surface area contributed by atoms with Gasteiger partial charge < -0.3 is 4.90 Å². The molecule has 0 aromatic heterocycles. The van der Waals surface area contributed by atoms with Gasteiger partial charge in [-0.05, 0) is 44.0 Å². The molecule has 122 valence electrons. The van der Waals surface area contributed by atoms with E-state index in [0.29, 0.717) is 18.7 Å². The fourth-order valence-electron chi connectivity index (χ4n) is 2.66. The van der Waals surface area contributed by atoms with Crippen LogP contribution in [0.3, 0.4) is 0 Å². The molecule has 1 saturated heterocycles. The van der Waals surface area contributed by atoms with Gasteiger partial charge in [-0.15, -0.1) is 11.8 Å². The van der Waals surface area contributed by atoms with E-state index in [9.17, 15) is 13.2 Å². The Kier molecular flexibility index (Phi) is 5.96. The van der Waals surface area contributed by atoms with Gasteiger partial charge in [-0.2, -0.15) is 0 Å². The number of thioether (sulfide) groups is 1. The number of aryl methyl sites for hydroxylation is 1. The van der Waals surface area contributed by atoms with Crippen LogP contribution < -0.4 is 0 Å². The predicted molar refractivity (Wildman–Crippen MR) is 94.0 cm³/mol. The lowest BCUT2D eigenvalue weighted by atomic mass is 10.2. The quantitative estimate of drug-likeness (QED) is 0.706. The second-order valence-electron chi connectivity index (χ2n) is 5.44. The standard InChI is InChI=1S/C15H20BrNO3S2/c1-3-17(13-6-7-22(19,20)10-13)15(18)9-21-14-5-4-12(16)8-11(14)2/h4-5,8,13H,3,6-7,9-10H2,1-2H3. The lowest BCUT2D eigenvalue weighted by molar-refractivity contribution is -0.129. The van der Waals surface area contributed by atoms with Crippen molar-refractivity contribution in [3.8, 4) is 0 Å². The minimum absolute atomic E-state index is 0.0110. The summed E-state index contributed by atoms with van der Waals surface area (Å²) < 4.78 is 24.2. The van der Waals surface area contributed by atoms with Crippen LogP contribution in [0.1, 0.15) is 18.9 Å². The molecule has 1 unspecified atom stereocenters. The average Bonchev–Trinajstić information content (AvgIpc) is 2.78. The molecule has 2 rings (SSSR count). The van der Waals surface area contributed by atoms with Crippen molar-refractivity contribution < 1.29 is 13.2 Å². The van der Waals surface area contributed by atoms with E-state index in [1.54, 1.807) is 4.90 Å². The van der Waals surface area contributed by atoms with Crippen LogP contribution in [0.15, 0.2) is 27.6 Å². The summed E-state index contributed by atoms with van der Waals surface area (Å²) in [5.74, 6) is 0.652. The van der Waals surface area contributed by atoms with Crippen LogP contribution in [0.4, 0.5) is 0 Å². The second kappa shape index (κ2) is 7.36. The summed E-state index contributed by atoms with van der Waals surface area (Å²) in [5, 5.41) is 0. The van der Waals surface area contributed by atoms with Crippen LogP contribution in [0.25, 0.3) is 0 Å². The van der Waals surface area contributed by atoms with Gasteiger partial charge in [0.05, 0.1) is 17.3 Å². The zero-order chi connectivity index (χ0) is 16.3. The number of halogens is 1. The average molecular weight is 406 g/mol.